The predicted octanol–water partition coefficient (Wildman–Crippen LogP) is 5.29. The van der Waals surface area contributed by atoms with Crippen molar-refractivity contribution >= 4 is 11.8 Å². The van der Waals surface area contributed by atoms with Crippen LogP contribution in [0.2, 0.25) is 0 Å². The second-order valence-electron chi connectivity index (χ2n) is 5.73. The molecule has 0 heterocycles. The Morgan fingerprint density at radius 3 is 2.14 bits per heavy atom. The normalized spacial score (nSPS) is 11.1. The Balaban J connectivity index is 3.28. The number of allylic oxidation sites excluding steroid dienone is 2. The molecule has 0 amide bonds. The van der Waals surface area contributed by atoms with Crippen molar-refractivity contribution in [3.63, 3.8) is 0 Å². The van der Waals surface area contributed by atoms with E-state index in [1.165, 1.54) is 19.3 Å². The Morgan fingerprint density at radius 1 is 0.810 bits per heavy atom. The van der Waals surface area contributed by atoms with E-state index in [0.717, 1.165) is 51.4 Å². The van der Waals surface area contributed by atoms with Crippen LogP contribution in [-0.2, 0) is 9.59 Å². The van der Waals surface area contributed by atoms with Crippen LogP contribution in [-0.4, -0.2) is 16.9 Å². The molecule has 0 saturated heterocycles. The number of hydrogen-bond acceptors (Lipinski definition) is 2. The van der Waals surface area contributed by atoms with Crippen molar-refractivity contribution in [2.45, 2.75) is 90.4 Å². The largest absolute Gasteiger partial charge is 0.481 e. The first-order valence-corrected chi connectivity index (χ1v) is 8.55. The average Bonchev–Trinajstić information content (AvgIpc) is 2.45. The van der Waals surface area contributed by atoms with Gasteiger partial charge in [0.25, 0.3) is 0 Å². The van der Waals surface area contributed by atoms with Crippen molar-refractivity contribution in [2.75, 3.05) is 0 Å². The summed E-state index contributed by atoms with van der Waals surface area (Å²) in [5.74, 6) is -0.340. The summed E-state index contributed by atoms with van der Waals surface area (Å²) in [4.78, 5) is 21.9. The zero-order valence-corrected chi connectivity index (χ0v) is 13.6. The molecule has 0 spiro atoms. The summed E-state index contributed by atoms with van der Waals surface area (Å²) in [6.45, 7) is 2.18. The lowest BCUT2D eigenvalue weighted by molar-refractivity contribution is -0.137. The lowest BCUT2D eigenvalue weighted by Gasteiger charge is -1.99. The third-order valence-electron chi connectivity index (χ3n) is 3.58. The molecule has 0 unspecified atom stereocenters. The molecule has 3 nitrogen and oxygen atoms in total. The summed E-state index contributed by atoms with van der Waals surface area (Å²) >= 11 is 0. The Hall–Kier alpha value is -1.12. The van der Waals surface area contributed by atoms with E-state index < -0.39 is 5.97 Å². The maximum Gasteiger partial charge on any atom is 0.303 e. The molecule has 0 aliphatic rings. The van der Waals surface area contributed by atoms with E-state index in [0.29, 0.717) is 18.6 Å². The minimum absolute atomic E-state index is 0.292. The fraction of sp³-hybridized carbons (Fsp3) is 0.778. The van der Waals surface area contributed by atoms with Crippen LogP contribution in [0.15, 0.2) is 12.2 Å². The minimum atomic E-state index is -0.697. The molecule has 1 N–H and O–H groups in total. The number of rotatable bonds is 15. The van der Waals surface area contributed by atoms with Crippen molar-refractivity contribution in [3.8, 4) is 0 Å². The Kier molecular flexibility index (Phi) is 14.5. The third kappa shape index (κ3) is 16.8. The molecular weight excluding hydrogens is 264 g/mol. The number of aliphatic carboxylic acids is 1. The number of carboxylic acid groups (broad SMARTS) is 1. The number of Topliss-reactive ketones (excluding diaryl/α,β-unsaturated/α-hetero) is 1. The standard InChI is InChI=1S/C18H32O3/c1-2-3-4-11-14-17(19)15-12-9-7-5-6-8-10-13-16-18(20)21/h9,12H,2-8,10-11,13-16H2,1H3,(H,20,21)/b12-9-. The number of hydrogen-bond donors (Lipinski definition) is 1. The maximum absolute atomic E-state index is 11.6. The lowest BCUT2D eigenvalue weighted by atomic mass is 10.1. The van der Waals surface area contributed by atoms with Gasteiger partial charge in [-0.2, -0.15) is 0 Å². The van der Waals surface area contributed by atoms with Crippen LogP contribution in [0.25, 0.3) is 0 Å². The molecule has 0 fully saturated rings. The molecule has 122 valence electrons. The van der Waals surface area contributed by atoms with Crippen molar-refractivity contribution in [2.24, 2.45) is 0 Å². The predicted molar refractivity (Wildman–Crippen MR) is 87.5 cm³/mol. The maximum atomic E-state index is 11.6. The zero-order chi connectivity index (χ0) is 15.8. The second kappa shape index (κ2) is 15.3. The van der Waals surface area contributed by atoms with Crippen LogP contribution < -0.4 is 0 Å². The highest BCUT2D eigenvalue weighted by atomic mass is 16.4. The SMILES string of the molecule is CCCCCCC(=O)C/C=C\CCCCCCCC(=O)O. The van der Waals surface area contributed by atoms with E-state index in [9.17, 15) is 9.59 Å². The van der Waals surface area contributed by atoms with E-state index >= 15 is 0 Å². The quantitative estimate of drug-likeness (QED) is 0.330. The lowest BCUT2D eigenvalue weighted by Crippen LogP contribution is -1.95. The van der Waals surface area contributed by atoms with Gasteiger partial charge in [-0.3, -0.25) is 9.59 Å². The number of ketones is 1. The highest BCUT2D eigenvalue weighted by molar-refractivity contribution is 5.79. The molecule has 3 heteroatoms. The zero-order valence-electron chi connectivity index (χ0n) is 13.6. The molecule has 0 aromatic rings. The molecule has 0 saturated carbocycles. The molecule has 0 aliphatic heterocycles. The first-order chi connectivity index (χ1) is 10.2. The minimum Gasteiger partial charge on any atom is -0.481 e. The van der Waals surface area contributed by atoms with Gasteiger partial charge >= 0.3 is 5.97 Å². The summed E-state index contributed by atoms with van der Waals surface area (Å²) in [5.41, 5.74) is 0. The highest BCUT2D eigenvalue weighted by Crippen LogP contribution is 2.08. The van der Waals surface area contributed by atoms with Crippen LogP contribution >= 0.6 is 0 Å². The topological polar surface area (TPSA) is 54.4 Å². The van der Waals surface area contributed by atoms with Gasteiger partial charge in [0, 0.05) is 19.3 Å². The smallest absolute Gasteiger partial charge is 0.303 e. The molecular formula is C18H32O3. The van der Waals surface area contributed by atoms with Gasteiger partial charge in [0.2, 0.25) is 0 Å². The highest BCUT2D eigenvalue weighted by Gasteiger charge is 1.98. The Bertz CT molecular complexity index is 295. The van der Waals surface area contributed by atoms with Crippen molar-refractivity contribution in [1.82, 2.24) is 0 Å². The summed E-state index contributed by atoms with van der Waals surface area (Å²) in [6, 6.07) is 0. The average molecular weight is 296 g/mol. The third-order valence-corrected chi connectivity index (χ3v) is 3.58. The van der Waals surface area contributed by atoms with Gasteiger partial charge in [-0.25, -0.2) is 0 Å². The monoisotopic (exact) mass is 296 g/mol. The Labute approximate surface area is 129 Å². The molecule has 0 aliphatic carbocycles. The molecule has 0 radical (unpaired) electrons. The van der Waals surface area contributed by atoms with Crippen molar-refractivity contribution in [1.29, 1.82) is 0 Å². The van der Waals surface area contributed by atoms with Gasteiger partial charge in [0.15, 0.2) is 0 Å². The van der Waals surface area contributed by atoms with E-state index in [4.69, 9.17) is 5.11 Å². The van der Waals surface area contributed by atoms with E-state index in [1.54, 1.807) is 0 Å². The summed E-state index contributed by atoms with van der Waals surface area (Å²) in [6.07, 6.45) is 16.6. The van der Waals surface area contributed by atoms with Crippen LogP contribution in [0.5, 0.6) is 0 Å². The first kappa shape index (κ1) is 19.9. The summed E-state index contributed by atoms with van der Waals surface area (Å²) in [5, 5.41) is 8.50. The molecule has 0 rings (SSSR count). The number of carbonyl (C=O) groups is 2. The van der Waals surface area contributed by atoms with Crippen LogP contribution in [0.1, 0.15) is 90.4 Å². The molecule has 0 bridgehead atoms. The van der Waals surface area contributed by atoms with E-state index in [2.05, 4.69) is 13.0 Å². The number of unbranched alkanes of at least 4 members (excludes halogenated alkanes) is 8. The molecule has 0 atom stereocenters. The summed E-state index contributed by atoms with van der Waals surface area (Å²) in [7, 11) is 0. The van der Waals surface area contributed by atoms with Crippen molar-refractivity contribution in [3.05, 3.63) is 12.2 Å². The van der Waals surface area contributed by atoms with Gasteiger partial charge in [0.1, 0.15) is 5.78 Å². The molecule has 21 heavy (non-hydrogen) atoms. The van der Waals surface area contributed by atoms with Gasteiger partial charge in [-0.1, -0.05) is 57.6 Å². The fourth-order valence-corrected chi connectivity index (χ4v) is 2.25. The van der Waals surface area contributed by atoms with Gasteiger partial charge in [0.05, 0.1) is 0 Å². The fourth-order valence-electron chi connectivity index (χ4n) is 2.25. The van der Waals surface area contributed by atoms with Gasteiger partial charge in [-0.05, 0) is 25.7 Å². The number of carboxylic acids is 1. The second-order valence-corrected chi connectivity index (χ2v) is 5.73. The number of carbonyl (C=O) groups excluding carboxylic acids is 1. The van der Waals surface area contributed by atoms with Crippen LogP contribution in [0, 0.1) is 0 Å². The molecule has 0 aromatic carbocycles. The van der Waals surface area contributed by atoms with Gasteiger partial charge < -0.3 is 5.11 Å². The molecule has 0 aromatic heterocycles. The van der Waals surface area contributed by atoms with Gasteiger partial charge in [-0.15, -0.1) is 0 Å². The van der Waals surface area contributed by atoms with E-state index in [1.807, 2.05) is 6.08 Å². The van der Waals surface area contributed by atoms with Crippen LogP contribution in [0.4, 0.5) is 0 Å². The van der Waals surface area contributed by atoms with Crippen LogP contribution in [0.3, 0.4) is 0 Å². The Morgan fingerprint density at radius 2 is 1.43 bits per heavy atom. The van der Waals surface area contributed by atoms with E-state index in [-0.39, 0.29) is 0 Å². The summed E-state index contributed by atoms with van der Waals surface area (Å²) < 4.78 is 0. The first-order valence-electron chi connectivity index (χ1n) is 8.55. The van der Waals surface area contributed by atoms with Crippen molar-refractivity contribution < 1.29 is 14.7 Å².